The van der Waals surface area contributed by atoms with Crippen LogP contribution in [0.4, 0.5) is 5.69 Å². The van der Waals surface area contributed by atoms with E-state index >= 15 is 0 Å². The van der Waals surface area contributed by atoms with E-state index in [4.69, 9.17) is 9.47 Å². The van der Waals surface area contributed by atoms with Crippen molar-refractivity contribution in [3.05, 3.63) is 84.4 Å². The molecule has 1 atom stereocenters. The van der Waals surface area contributed by atoms with Crippen LogP contribution in [0.15, 0.2) is 78.9 Å². The Hall–Kier alpha value is -4.24. The van der Waals surface area contributed by atoms with E-state index < -0.39 is 6.04 Å². The molecule has 1 heterocycles. The van der Waals surface area contributed by atoms with Gasteiger partial charge in [-0.1, -0.05) is 47.7 Å². The number of hydrogen-bond acceptors (Lipinski definition) is 6. The lowest BCUT2D eigenvalue weighted by Crippen LogP contribution is -2.46. The Morgan fingerprint density at radius 3 is 2.44 bits per heavy atom. The monoisotopic (exact) mass is 487 g/mol. The fraction of sp³-hybridized carbons (Fsp3) is 0.259. The number of anilines is 1. The van der Waals surface area contributed by atoms with E-state index in [1.54, 1.807) is 48.2 Å². The SMILES string of the molecule is CCOc1ccc(C(C(=O)NCCOC)N(C(=O)Cn2nnc3ccccc32)c2ccccc2)cc1. The summed E-state index contributed by atoms with van der Waals surface area (Å²) in [5.74, 6) is 0.0564. The van der Waals surface area contributed by atoms with E-state index in [0.717, 1.165) is 5.52 Å². The van der Waals surface area contributed by atoms with Crippen molar-refractivity contribution in [1.82, 2.24) is 20.3 Å². The topological polar surface area (TPSA) is 98.6 Å². The maximum absolute atomic E-state index is 13.9. The fourth-order valence-electron chi connectivity index (χ4n) is 3.97. The molecule has 1 aromatic heterocycles. The molecule has 3 aromatic carbocycles. The molecule has 0 bridgehead atoms. The lowest BCUT2D eigenvalue weighted by Gasteiger charge is -2.31. The van der Waals surface area contributed by atoms with Crippen LogP contribution in [0.3, 0.4) is 0 Å². The Morgan fingerprint density at radius 2 is 1.72 bits per heavy atom. The van der Waals surface area contributed by atoms with Gasteiger partial charge >= 0.3 is 0 Å². The first-order valence-corrected chi connectivity index (χ1v) is 11.8. The van der Waals surface area contributed by atoms with Crippen molar-refractivity contribution in [1.29, 1.82) is 0 Å². The maximum atomic E-state index is 13.9. The summed E-state index contributed by atoms with van der Waals surface area (Å²) >= 11 is 0. The van der Waals surface area contributed by atoms with Gasteiger partial charge in [-0.2, -0.15) is 0 Å². The third kappa shape index (κ3) is 5.69. The standard InChI is InChI=1S/C27H29N5O4/c1-3-36-22-15-13-20(14-16-22)26(27(34)28-17-18-35-2)32(21-9-5-4-6-10-21)25(33)19-31-24-12-8-7-11-23(24)29-30-31/h4-16,26H,3,17-19H2,1-2H3,(H,28,34). The van der Waals surface area contributed by atoms with Crippen LogP contribution in [-0.2, 0) is 20.9 Å². The highest BCUT2D eigenvalue weighted by Crippen LogP contribution is 2.30. The Bertz CT molecular complexity index is 1290. The Kier molecular flexibility index (Phi) is 8.25. The molecule has 1 N–H and O–H groups in total. The van der Waals surface area contributed by atoms with Gasteiger partial charge in [0.1, 0.15) is 23.9 Å². The first kappa shape index (κ1) is 24.9. The van der Waals surface area contributed by atoms with Crippen LogP contribution in [0.1, 0.15) is 18.5 Å². The quantitative estimate of drug-likeness (QED) is 0.326. The van der Waals surface area contributed by atoms with Crippen molar-refractivity contribution in [3.8, 4) is 5.75 Å². The molecule has 0 aliphatic carbocycles. The van der Waals surface area contributed by atoms with Crippen LogP contribution in [-0.4, -0.2) is 53.7 Å². The van der Waals surface area contributed by atoms with Crippen molar-refractivity contribution in [2.45, 2.75) is 19.5 Å². The number of hydrogen-bond donors (Lipinski definition) is 1. The molecule has 1 unspecified atom stereocenters. The molecule has 9 heteroatoms. The number of carbonyl (C=O) groups excluding carboxylic acids is 2. The van der Waals surface area contributed by atoms with Gasteiger partial charge in [-0.25, -0.2) is 4.68 Å². The lowest BCUT2D eigenvalue weighted by molar-refractivity contribution is -0.127. The van der Waals surface area contributed by atoms with Crippen LogP contribution >= 0.6 is 0 Å². The van der Waals surface area contributed by atoms with Crippen LogP contribution in [0.25, 0.3) is 11.0 Å². The summed E-state index contributed by atoms with van der Waals surface area (Å²) in [5.41, 5.74) is 2.67. The van der Waals surface area contributed by atoms with Crippen LogP contribution in [0.5, 0.6) is 5.75 Å². The second-order valence-electron chi connectivity index (χ2n) is 8.02. The zero-order valence-electron chi connectivity index (χ0n) is 20.3. The zero-order chi connectivity index (χ0) is 25.3. The normalized spacial score (nSPS) is 11.7. The summed E-state index contributed by atoms with van der Waals surface area (Å²) in [6, 6.07) is 22.9. The van der Waals surface area contributed by atoms with Crippen LogP contribution < -0.4 is 15.0 Å². The molecule has 0 aliphatic rings. The number of amides is 2. The minimum Gasteiger partial charge on any atom is -0.494 e. The number of para-hydroxylation sites is 2. The zero-order valence-corrected chi connectivity index (χ0v) is 20.3. The van der Waals surface area contributed by atoms with Gasteiger partial charge in [0.05, 0.1) is 18.7 Å². The molecule has 0 radical (unpaired) electrons. The van der Waals surface area contributed by atoms with Gasteiger partial charge in [-0.15, -0.1) is 5.10 Å². The van der Waals surface area contributed by atoms with Crippen LogP contribution in [0.2, 0.25) is 0 Å². The highest BCUT2D eigenvalue weighted by molar-refractivity contribution is 6.01. The third-order valence-corrected chi connectivity index (χ3v) is 5.63. The van der Waals surface area contributed by atoms with E-state index in [0.29, 0.717) is 42.3 Å². The number of nitrogens with one attached hydrogen (secondary N) is 1. The summed E-state index contributed by atoms with van der Waals surface area (Å²) in [5, 5.41) is 11.2. The molecule has 2 amide bonds. The van der Waals surface area contributed by atoms with E-state index in [1.165, 1.54) is 4.90 Å². The van der Waals surface area contributed by atoms with E-state index in [2.05, 4.69) is 15.6 Å². The minimum absolute atomic E-state index is 0.0890. The fourth-order valence-corrected chi connectivity index (χ4v) is 3.97. The van der Waals surface area contributed by atoms with Gasteiger partial charge in [0.25, 0.3) is 0 Å². The molecule has 0 spiro atoms. The largest absolute Gasteiger partial charge is 0.494 e. The van der Waals surface area contributed by atoms with Crippen molar-refractivity contribution >= 4 is 28.5 Å². The lowest BCUT2D eigenvalue weighted by atomic mass is 10.0. The molecule has 0 saturated carbocycles. The number of nitrogens with zero attached hydrogens (tertiary/aromatic N) is 4. The minimum atomic E-state index is -0.929. The number of fused-ring (bicyclic) bond motifs is 1. The molecule has 186 valence electrons. The smallest absolute Gasteiger partial charge is 0.249 e. The number of aromatic nitrogens is 3. The average molecular weight is 488 g/mol. The Balaban J connectivity index is 1.74. The highest BCUT2D eigenvalue weighted by atomic mass is 16.5. The van der Waals surface area contributed by atoms with Crippen molar-refractivity contribution < 1.29 is 19.1 Å². The first-order chi connectivity index (χ1) is 17.6. The first-order valence-electron chi connectivity index (χ1n) is 11.8. The molecule has 0 aliphatic heterocycles. The number of benzene rings is 3. The summed E-state index contributed by atoms with van der Waals surface area (Å²) < 4.78 is 12.2. The van der Waals surface area contributed by atoms with Crippen LogP contribution in [0, 0.1) is 0 Å². The molecular weight excluding hydrogens is 458 g/mol. The Labute approximate surface area is 209 Å². The van der Waals surface area contributed by atoms with Gasteiger partial charge in [-0.3, -0.25) is 14.5 Å². The molecule has 9 nitrogen and oxygen atoms in total. The predicted octanol–water partition coefficient (Wildman–Crippen LogP) is 3.37. The second kappa shape index (κ2) is 11.9. The number of methoxy groups -OCH3 is 1. The Morgan fingerprint density at radius 1 is 1.00 bits per heavy atom. The maximum Gasteiger partial charge on any atom is 0.249 e. The van der Waals surface area contributed by atoms with Gasteiger partial charge in [0.2, 0.25) is 11.8 Å². The number of rotatable bonds is 11. The molecule has 36 heavy (non-hydrogen) atoms. The van der Waals surface area contributed by atoms with Crippen molar-refractivity contribution in [2.24, 2.45) is 0 Å². The van der Waals surface area contributed by atoms with Crippen molar-refractivity contribution in [3.63, 3.8) is 0 Å². The summed E-state index contributed by atoms with van der Waals surface area (Å²) in [7, 11) is 1.57. The summed E-state index contributed by atoms with van der Waals surface area (Å²) in [6.45, 7) is 3.01. The summed E-state index contributed by atoms with van der Waals surface area (Å²) in [4.78, 5) is 28.9. The molecule has 4 rings (SSSR count). The number of carbonyl (C=O) groups is 2. The second-order valence-corrected chi connectivity index (χ2v) is 8.02. The highest BCUT2D eigenvalue weighted by Gasteiger charge is 2.33. The molecule has 0 fully saturated rings. The predicted molar refractivity (Wildman–Crippen MR) is 137 cm³/mol. The summed E-state index contributed by atoms with van der Waals surface area (Å²) in [6.07, 6.45) is 0. The molecular formula is C27H29N5O4. The molecule has 0 saturated heterocycles. The molecule has 4 aromatic rings. The van der Waals surface area contributed by atoms with E-state index in [-0.39, 0.29) is 18.4 Å². The van der Waals surface area contributed by atoms with Gasteiger partial charge in [-0.05, 0) is 48.9 Å². The van der Waals surface area contributed by atoms with E-state index in [9.17, 15) is 9.59 Å². The van der Waals surface area contributed by atoms with Crippen molar-refractivity contribution in [2.75, 3.05) is 31.8 Å². The van der Waals surface area contributed by atoms with Gasteiger partial charge in [0.15, 0.2) is 0 Å². The van der Waals surface area contributed by atoms with Gasteiger partial charge < -0.3 is 14.8 Å². The third-order valence-electron chi connectivity index (χ3n) is 5.63. The number of ether oxygens (including phenoxy) is 2. The average Bonchev–Trinajstić information content (AvgIpc) is 3.31. The van der Waals surface area contributed by atoms with Gasteiger partial charge in [0, 0.05) is 19.3 Å². The van der Waals surface area contributed by atoms with E-state index in [1.807, 2.05) is 49.4 Å².